The number of carbonyl (C=O) groups is 4. The number of esters is 1. The smallest absolute Gasteiger partial charge is 0.344 e. The van der Waals surface area contributed by atoms with Gasteiger partial charge in [0, 0.05) is 18.7 Å². The van der Waals surface area contributed by atoms with Crippen LogP contribution in [-0.4, -0.2) is 36.7 Å². The van der Waals surface area contributed by atoms with Crippen molar-refractivity contribution in [2.75, 3.05) is 23.4 Å². The zero-order valence-corrected chi connectivity index (χ0v) is 17.4. The standard InChI is InChI=1S/C22H24N2O6/c1-5-29-22(28)19-18(13(3)25)14(4)30-21(19)23-20(27)15-10-17(26)24(11-15)16-8-6-12(2)7-9-16/h6-9,15H,5,10-11H2,1-4H3,(H,23,27). The Hall–Kier alpha value is -3.42. The van der Waals surface area contributed by atoms with E-state index in [2.05, 4.69) is 5.32 Å². The van der Waals surface area contributed by atoms with Gasteiger partial charge in [-0.15, -0.1) is 0 Å². The lowest BCUT2D eigenvalue weighted by Crippen LogP contribution is -2.28. The molecule has 158 valence electrons. The molecule has 1 aromatic carbocycles. The highest BCUT2D eigenvalue weighted by atomic mass is 16.5. The third-order valence-corrected chi connectivity index (χ3v) is 4.99. The van der Waals surface area contributed by atoms with Crippen LogP contribution >= 0.6 is 0 Å². The molecule has 1 aromatic heterocycles. The predicted molar refractivity (Wildman–Crippen MR) is 110 cm³/mol. The third kappa shape index (κ3) is 4.12. The van der Waals surface area contributed by atoms with E-state index >= 15 is 0 Å². The van der Waals surface area contributed by atoms with Gasteiger partial charge >= 0.3 is 5.97 Å². The highest BCUT2D eigenvalue weighted by molar-refractivity contribution is 6.11. The highest BCUT2D eigenvalue weighted by Gasteiger charge is 2.37. The number of Topliss-reactive ketones (excluding diaryl/α,β-unsaturated/α-hetero) is 1. The van der Waals surface area contributed by atoms with Gasteiger partial charge in [-0.1, -0.05) is 17.7 Å². The molecule has 1 atom stereocenters. The number of hydrogen-bond donors (Lipinski definition) is 1. The summed E-state index contributed by atoms with van der Waals surface area (Å²) in [7, 11) is 0. The molecule has 1 fully saturated rings. The van der Waals surface area contributed by atoms with Gasteiger partial charge in [-0.3, -0.25) is 19.7 Å². The molecule has 0 spiro atoms. The fourth-order valence-electron chi connectivity index (χ4n) is 3.53. The molecule has 2 amide bonds. The van der Waals surface area contributed by atoms with Crippen molar-refractivity contribution in [3.8, 4) is 0 Å². The van der Waals surface area contributed by atoms with Crippen molar-refractivity contribution < 1.29 is 28.3 Å². The molecule has 2 heterocycles. The van der Waals surface area contributed by atoms with E-state index in [1.807, 2.05) is 31.2 Å². The summed E-state index contributed by atoms with van der Waals surface area (Å²) in [5, 5.41) is 2.57. The molecule has 1 saturated heterocycles. The second kappa shape index (κ2) is 8.52. The first-order valence-corrected chi connectivity index (χ1v) is 9.72. The summed E-state index contributed by atoms with van der Waals surface area (Å²) >= 11 is 0. The van der Waals surface area contributed by atoms with Crippen molar-refractivity contribution in [3.63, 3.8) is 0 Å². The Labute approximate surface area is 174 Å². The van der Waals surface area contributed by atoms with E-state index in [4.69, 9.17) is 9.15 Å². The summed E-state index contributed by atoms with van der Waals surface area (Å²) in [5.74, 6) is -2.30. The van der Waals surface area contributed by atoms with E-state index in [0.717, 1.165) is 11.3 Å². The Kier molecular flexibility index (Phi) is 6.05. The molecular weight excluding hydrogens is 388 g/mol. The number of anilines is 2. The summed E-state index contributed by atoms with van der Waals surface area (Å²) in [6, 6.07) is 7.47. The molecule has 1 aliphatic heterocycles. The largest absolute Gasteiger partial charge is 0.462 e. The first-order valence-electron chi connectivity index (χ1n) is 9.72. The average Bonchev–Trinajstić information content (AvgIpc) is 3.22. The van der Waals surface area contributed by atoms with Crippen molar-refractivity contribution in [2.24, 2.45) is 5.92 Å². The van der Waals surface area contributed by atoms with E-state index in [0.29, 0.717) is 0 Å². The number of ether oxygens (including phenoxy) is 1. The van der Waals surface area contributed by atoms with E-state index in [9.17, 15) is 19.2 Å². The van der Waals surface area contributed by atoms with Crippen LogP contribution in [0.3, 0.4) is 0 Å². The number of carbonyl (C=O) groups excluding carboxylic acids is 4. The number of ketones is 1. The van der Waals surface area contributed by atoms with E-state index in [1.165, 1.54) is 13.8 Å². The van der Waals surface area contributed by atoms with Gasteiger partial charge in [-0.05, 0) is 39.8 Å². The van der Waals surface area contributed by atoms with Crippen LogP contribution in [0.4, 0.5) is 11.6 Å². The number of aryl methyl sites for hydroxylation is 2. The molecule has 2 aromatic rings. The predicted octanol–water partition coefficient (Wildman–Crippen LogP) is 3.27. The minimum Gasteiger partial charge on any atom is -0.462 e. The molecule has 8 nitrogen and oxygen atoms in total. The first kappa shape index (κ1) is 21.3. The monoisotopic (exact) mass is 412 g/mol. The van der Waals surface area contributed by atoms with Gasteiger partial charge < -0.3 is 14.1 Å². The van der Waals surface area contributed by atoms with Crippen molar-refractivity contribution in [1.82, 2.24) is 0 Å². The molecule has 1 unspecified atom stereocenters. The molecule has 8 heteroatoms. The zero-order chi connectivity index (χ0) is 22.0. The minimum absolute atomic E-state index is 0.0354. The van der Waals surface area contributed by atoms with E-state index in [-0.39, 0.29) is 54.0 Å². The zero-order valence-electron chi connectivity index (χ0n) is 17.4. The van der Waals surface area contributed by atoms with Crippen molar-refractivity contribution in [1.29, 1.82) is 0 Å². The number of rotatable bonds is 6. The minimum atomic E-state index is -0.751. The van der Waals surface area contributed by atoms with Crippen LogP contribution in [-0.2, 0) is 14.3 Å². The molecule has 0 saturated carbocycles. The number of hydrogen-bond acceptors (Lipinski definition) is 6. The maximum atomic E-state index is 12.8. The molecule has 3 rings (SSSR count). The SMILES string of the molecule is CCOC(=O)c1c(NC(=O)C2CC(=O)N(c3ccc(C)cc3)C2)oc(C)c1C(C)=O. The van der Waals surface area contributed by atoms with Gasteiger partial charge in [-0.2, -0.15) is 0 Å². The average molecular weight is 412 g/mol. The number of nitrogens with one attached hydrogen (secondary N) is 1. The van der Waals surface area contributed by atoms with E-state index in [1.54, 1.807) is 11.8 Å². The fourth-order valence-corrected chi connectivity index (χ4v) is 3.53. The summed E-state index contributed by atoms with van der Waals surface area (Å²) in [6.07, 6.45) is 0.0354. The number of amides is 2. The van der Waals surface area contributed by atoms with Crippen molar-refractivity contribution in [2.45, 2.75) is 34.1 Å². The Morgan fingerprint density at radius 1 is 1.17 bits per heavy atom. The van der Waals surface area contributed by atoms with Crippen LogP contribution in [0.2, 0.25) is 0 Å². The second-order valence-electron chi connectivity index (χ2n) is 7.24. The summed E-state index contributed by atoms with van der Waals surface area (Å²) in [6.45, 7) is 6.75. The first-order chi connectivity index (χ1) is 14.2. The van der Waals surface area contributed by atoms with Gasteiger partial charge in [-0.25, -0.2) is 4.79 Å². The summed E-state index contributed by atoms with van der Waals surface area (Å²) < 4.78 is 10.5. The van der Waals surface area contributed by atoms with Crippen molar-refractivity contribution >= 4 is 35.1 Å². The van der Waals surface area contributed by atoms with E-state index < -0.39 is 17.8 Å². The lowest BCUT2D eigenvalue weighted by atomic mass is 10.1. The van der Waals surface area contributed by atoms with Crippen LogP contribution in [0, 0.1) is 19.8 Å². The van der Waals surface area contributed by atoms with Crippen LogP contribution in [0.1, 0.15) is 52.3 Å². The molecule has 30 heavy (non-hydrogen) atoms. The third-order valence-electron chi connectivity index (χ3n) is 4.99. The van der Waals surface area contributed by atoms with Gasteiger partial charge in [0.1, 0.15) is 11.3 Å². The Bertz CT molecular complexity index is 1010. The van der Waals surface area contributed by atoms with Crippen LogP contribution in [0.5, 0.6) is 0 Å². The van der Waals surface area contributed by atoms with Gasteiger partial charge in [0.05, 0.1) is 18.1 Å². The number of benzene rings is 1. The summed E-state index contributed by atoms with van der Waals surface area (Å²) in [4.78, 5) is 51.2. The maximum Gasteiger partial charge on any atom is 0.344 e. The summed E-state index contributed by atoms with van der Waals surface area (Å²) in [5.41, 5.74) is 1.77. The molecule has 0 aliphatic carbocycles. The quantitative estimate of drug-likeness (QED) is 0.577. The van der Waals surface area contributed by atoms with Gasteiger partial charge in [0.15, 0.2) is 5.78 Å². The molecular formula is C22H24N2O6. The Morgan fingerprint density at radius 3 is 2.43 bits per heavy atom. The second-order valence-corrected chi connectivity index (χ2v) is 7.24. The molecule has 1 aliphatic rings. The fraction of sp³-hybridized carbons (Fsp3) is 0.364. The van der Waals surface area contributed by atoms with Crippen LogP contribution < -0.4 is 10.2 Å². The normalized spacial score (nSPS) is 15.9. The highest BCUT2D eigenvalue weighted by Crippen LogP contribution is 2.31. The number of nitrogens with zero attached hydrogens (tertiary/aromatic N) is 1. The Morgan fingerprint density at radius 2 is 1.83 bits per heavy atom. The molecule has 1 N–H and O–H groups in total. The van der Waals surface area contributed by atoms with Crippen LogP contribution in [0.25, 0.3) is 0 Å². The topological polar surface area (TPSA) is 106 Å². The lowest BCUT2D eigenvalue weighted by molar-refractivity contribution is -0.122. The molecule has 0 radical (unpaired) electrons. The number of furan rings is 1. The Balaban J connectivity index is 1.82. The van der Waals surface area contributed by atoms with Crippen LogP contribution in [0.15, 0.2) is 28.7 Å². The van der Waals surface area contributed by atoms with Crippen molar-refractivity contribution in [3.05, 3.63) is 46.7 Å². The van der Waals surface area contributed by atoms with Gasteiger partial charge in [0.25, 0.3) is 0 Å². The maximum absolute atomic E-state index is 12.8. The lowest BCUT2D eigenvalue weighted by Gasteiger charge is -2.16. The molecule has 0 bridgehead atoms. The van der Waals surface area contributed by atoms with Gasteiger partial charge in [0.2, 0.25) is 17.7 Å².